The molecule has 2 aromatic carbocycles. The van der Waals surface area contributed by atoms with Crippen LogP contribution in [0, 0.1) is 0 Å². The molecule has 1 heterocycles. The molecule has 2 N–H and O–H groups in total. The molecule has 1 aromatic heterocycles. The summed E-state index contributed by atoms with van der Waals surface area (Å²) in [5.74, 6) is 0.0253. The van der Waals surface area contributed by atoms with E-state index in [1.807, 2.05) is 13.0 Å². The van der Waals surface area contributed by atoms with Crippen molar-refractivity contribution >= 4 is 22.4 Å². The summed E-state index contributed by atoms with van der Waals surface area (Å²) in [7, 11) is 0. The van der Waals surface area contributed by atoms with Crippen molar-refractivity contribution in [3.8, 4) is 11.3 Å². The molecule has 146 valence electrons. The third kappa shape index (κ3) is 5.67. The van der Waals surface area contributed by atoms with Gasteiger partial charge in [-0.25, -0.2) is 4.98 Å². The Morgan fingerprint density at radius 1 is 1.07 bits per heavy atom. The van der Waals surface area contributed by atoms with E-state index in [0.717, 1.165) is 29.2 Å². The number of carbonyl (C=O) groups is 1. The van der Waals surface area contributed by atoms with Crippen molar-refractivity contribution in [1.82, 2.24) is 10.3 Å². The van der Waals surface area contributed by atoms with Crippen LogP contribution < -0.4 is 10.6 Å². The zero-order valence-corrected chi connectivity index (χ0v) is 17.4. The zero-order valence-electron chi connectivity index (χ0n) is 16.6. The molecule has 3 rings (SSSR count). The van der Waals surface area contributed by atoms with E-state index < -0.39 is 0 Å². The number of amides is 1. The number of hydrogen-bond donors (Lipinski definition) is 2. The van der Waals surface area contributed by atoms with E-state index in [9.17, 15) is 4.79 Å². The van der Waals surface area contributed by atoms with Gasteiger partial charge in [0.1, 0.15) is 0 Å². The molecule has 28 heavy (non-hydrogen) atoms. The summed E-state index contributed by atoms with van der Waals surface area (Å²) in [5, 5.41) is 9.43. The molecular weight excluding hydrogens is 366 g/mol. The fraction of sp³-hybridized carbons (Fsp3) is 0.304. The number of aromatic nitrogens is 1. The van der Waals surface area contributed by atoms with Gasteiger partial charge in [-0.3, -0.25) is 4.79 Å². The topological polar surface area (TPSA) is 54.0 Å². The summed E-state index contributed by atoms with van der Waals surface area (Å²) in [6, 6.07) is 19.3. The number of aryl methyl sites for hydroxylation is 1. The lowest BCUT2D eigenvalue weighted by Crippen LogP contribution is -2.30. The third-order valence-corrected chi connectivity index (χ3v) is 5.48. The molecular formula is C23H27N3OS. The predicted molar refractivity (Wildman–Crippen MR) is 118 cm³/mol. The molecule has 0 radical (unpaired) electrons. The van der Waals surface area contributed by atoms with Crippen LogP contribution in [0.25, 0.3) is 11.3 Å². The Hall–Kier alpha value is -2.66. The lowest BCUT2D eigenvalue weighted by molar-refractivity contribution is -0.119. The highest BCUT2D eigenvalue weighted by molar-refractivity contribution is 7.14. The van der Waals surface area contributed by atoms with Crippen LogP contribution in [0.4, 0.5) is 5.13 Å². The summed E-state index contributed by atoms with van der Waals surface area (Å²) < 4.78 is 0. The maximum atomic E-state index is 11.1. The van der Waals surface area contributed by atoms with Crippen LogP contribution in [0.15, 0.2) is 60.0 Å². The number of rotatable bonds is 8. The largest absolute Gasteiger partial charge is 0.355 e. The van der Waals surface area contributed by atoms with Crippen molar-refractivity contribution in [3.63, 3.8) is 0 Å². The Morgan fingerprint density at radius 3 is 2.46 bits per heavy atom. The van der Waals surface area contributed by atoms with Crippen LogP contribution in [-0.4, -0.2) is 16.9 Å². The number of nitrogens with zero attached hydrogens (tertiary/aromatic N) is 1. The van der Waals surface area contributed by atoms with Gasteiger partial charge in [-0.2, -0.15) is 0 Å². The second-order valence-corrected chi connectivity index (χ2v) is 8.01. The number of thiazole rings is 1. The standard InChI is InChI=1S/C23H27N3OS/c1-16(24-18(3)27)9-10-19-11-13-21(14-12-19)22-15-28-23(26-22)25-17(2)20-7-5-4-6-8-20/h4-8,11-17H,9-10H2,1-3H3,(H,24,27)(H,25,26)/t16-,17-/m1/s1. The van der Waals surface area contributed by atoms with Crippen LogP contribution in [-0.2, 0) is 11.2 Å². The third-order valence-electron chi connectivity index (χ3n) is 4.71. The molecule has 5 heteroatoms. The van der Waals surface area contributed by atoms with Gasteiger partial charge in [0.05, 0.1) is 11.7 Å². The maximum Gasteiger partial charge on any atom is 0.217 e. The molecule has 0 bridgehead atoms. The monoisotopic (exact) mass is 393 g/mol. The first-order chi connectivity index (χ1) is 13.5. The summed E-state index contributed by atoms with van der Waals surface area (Å²) in [4.78, 5) is 15.8. The lowest BCUT2D eigenvalue weighted by Gasteiger charge is -2.13. The SMILES string of the molecule is CC(=O)N[C@H](C)CCc1ccc(-c2csc(N[C@H](C)c3ccccc3)n2)cc1. The van der Waals surface area contributed by atoms with Gasteiger partial charge >= 0.3 is 0 Å². The van der Waals surface area contributed by atoms with Crippen molar-refractivity contribution in [2.45, 2.75) is 45.7 Å². The average molecular weight is 394 g/mol. The normalized spacial score (nSPS) is 13.0. The number of hydrogen-bond acceptors (Lipinski definition) is 4. The molecule has 0 unspecified atom stereocenters. The van der Waals surface area contributed by atoms with Gasteiger partial charge in [-0.15, -0.1) is 11.3 Å². The Bertz CT molecular complexity index is 890. The van der Waals surface area contributed by atoms with E-state index in [4.69, 9.17) is 4.98 Å². The van der Waals surface area contributed by atoms with Gasteiger partial charge in [0.15, 0.2) is 5.13 Å². The molecule has 0 saturated carbocycles. The van der Waals surface area contributed by atoms with Crippen LogP contribution >= 0.6 is 11.3 Å². The number of carbonyl (C=O) groups excluding carboxylic acids is 1. The minimum atomic E-state index is 0.0253. The fourth-order valence-corrected chi connectivity index (χ4v) is 3.94. The second kappa shape index (κ2) is 9.51. The van der Waals surface area contributed by atoms with Crippen LogP contribution in [0.2, 0.25) is 0 Å². The molecule has 0 aliphatic carbocycles. The fourth-order valence-electron chi connectivity index (χ4n) is 3.13. The Balaban J connectivity index is 1.58. The van der Waals surface area contributed by atoms with Gasteiger partial charge in [0.2, 0.25) is 5.91 Å². The quantitative estimate of drug-likeness (QED) is 0.536. The highest BCUT2D eigenvalue weighted by Gasteiger charge is 2.09. The summed E-state index contributed by atoms with van der Waals surface area (Å²) in [6.45, 7) is 5.74. The Labute approximate surface area is 171 Å². The van der Waals surface area contributed by atoms with Crippen molar-refractivity contribution in [1.29, 1.82) is 0 Å². The minimum Gasteiger partial charge on any atom is -0.355 e. The van der Waals surface area contributed by atoms with Gasteiger partial charge in [-0.1, -0.05) is 54.6 Å². The molecule has 0 fully saturated rings. The Kier molecular flexibility index (Phi) is 6.82. The molecule has 0 aliphatic rings. The summed E-state index contributed by atoms with van der Waals surface area (Å²) in [5.41, 5.74) is 4.63. The first kappa shape index (κ1) is 20.1. The molecule has 2 atom stereocenters. The minimum absolute atomic E-state index is 0.0253. The summed E-state index contributed by atoms with van der Waals surface area (Å²) in [6.07, 6.45) is 1.88. The van der Waals surface area contributed by atoms with Crippen molar-refractivity contribution in [2.24, 2.45) is 0 Å². The maximum absolute atomic E-state index is 11.1. The van der Waals surface area contributed by atoms with E-state index in [2.05, 4.69) is 71.5 Å². The first-order valence-electron chi connectivity index (χ1n) is 9.64. The highest BCUT2D eigenvalue weighted by Crippen LogP contribution is 2.28. The highest BCUT2D eigenvalue weighted by atomic mass is 32.1. The molecule has 4 nitrogen and oxygen atoms in total. The predicted octanol–water partition coefficient (Wildman–Crippen LogP) is 5.44. The zero-order chi connectivity index (χ0) is 19.9. The van der Waals surface area contributed by atoms with Crippen molar-refractivity contribution in [3.05, 3.63) is 71.1 Å². The second-order valence-electron chi connectivity index (χ2n) is 7.15. The number of nitrogens with one attached hydrogen (secondary N) is 2. The average Bonchev–Trinajstić information content (AvgIpc) is 3.15. The van der Waals surface area contributed by atoms with Crippen molar-refractivity contribution in [2.75, 3.05) is 5.32 Å². The van der Waals surface area contributed by atoms with Gasteiger partial charge < -0.3 is 10.6 Å². The van der Waals surface area contributed by atoms with E-state index in [1.165, 1.54) is 11.1 Å². The number of benzene rings is 2. The Morgan fingerprint density at radius 2 is 1.79 bits per heavy atom. The van der Waals surface area contributed by atoms with Crippen molar-refractivity contribution < 1.29 is 4.79 Å². The van der Waals surface area contributed by atoms with Gasteiger partial charge in [0, 0.05) is 23.9 Å². The smallest absolute Gasteiger partial charge is 0.217 e. The van der Waals surface area contributed by atoms with Gasteiger partial charge in [0.25, 0.3) is 0 Å². The molecule has 1 amide bonds. The van der Waals surface area contributed by atoms with Crippen LogP contribution in [0.1, 0.15) is 44.4 Å². The van der Waals surface area contributed by atoms with Crippen LogP contribution in [0.3, 0.4) is 0 Å². The molecule has 0 aliphatic heterocycles. The summed E-state index contributed by atoms with van der Waals surface area (Å²) >= 11 is 1.63. The van der Waals surface area contributed by atoms with E-state index in [-0.39, 0.29) is 18.0 Å². The van der Waals surface area contributed by atoms with E-state index in [1.54, 1.807) is 18.3 Å². The van der Waals surface area contributed by atoms with E-state index >= 15 is 0 Å². The number of anilines is 1. The molecule has 3 aromatic rings. The molecule has 0 saturated heterocycles. The first-order valence-corrected chi connectivity index (χ1v) is 10.5. The lowest BCUT2D eigenvalue weighted by atomic mass is 10.0. The van der Waals surface area contributed by atoms with Gasteiger partial charge in [-0.05, 0) is 37.8 Å². The van der Waals surface area contributed by atoms with E-state index in [0.29, 0.717) is 0 Å². The molecule has 0 spiro atoms. The van der Waals surface area contributed by atoms with Crippen LogP contribution in [0.5, 0.6) is 0 Å².